The minimum absolute atomic E-state index is 0.214. The smallest absolute Gasteiger partial charge is 0.324 e. The molecule has 2 unspecified atom stereocenters. The summed E-state index contributed by atoms with van der Waals surface area (Å²) in [5.41, 5.74) is 0.464. The summed E-state index contributed by atoms with van der Waals surface area (Å²) in [4.78, 5) is 4.29. The van der Waals surface area contributed by atoms with Crippen molar-refractivity contribution in [2.45, 2.75) is 44.3 Å². The van der Waals surface area contributed by atoms with Crippen molar-refractivity contribution in [3.63, 3.8) is 0 Å². The Balaban J connectivity index is 2.04. The lowest BCUT2D eigenvalue weighted by molar-refractivity contribution is -0.137. The fraction of sp³-hybridized carbons (Fsp3) is 0.533. The van der Waals surface area contributed by atoms with Crippen molar-refractivity contribution in [3.8, 4) is 0 Å². The van der Waals surface area contributed by atoms with Gasteiger partial charge < -0.3 is 4.57 Å². The lowest BCUT2D eigenvalue weighted by atomic mass is 10.2. The fourth-order valence-electron chi connectivity index (χ4n) is 3.02. The molecule has 0 aliphatic heterocycles. The molecule has 6 heteroatoms. The van der Waals surface area contributed by atoms with E-state index in [1.807, 2.05) is 4.57 Å². The molecule has 0 radical (unpaired) electrons. The first kappa shape index (κ1) is 14.7. The van der Waals surface area contributed by atoms with Crippen molar-refractivity contribution in [2.75, 3.05) is 0 Å². The molecule has 0 saturated heterocycles. The molecule has 2 nitrogen and oxygen atoms in total. The van der Waals surface area contributed by atoms with E-state index in [0.717, 1.165) is 36.9 Å². The van der Waals surface area contributed by atoms with Gasteiger partial charge in [-0.3, -0.25) is 0 Å². The van der Waals surface area contributed by atoms with Crippen LogP contribution in [0.25, 0.3) is 11.0 Å². The molecule has 2 aromatic rings. The average molecular weight is 317 g/mol. The zero-order valence-corrected chi connectivity index (χ0v) is 12.4. The Morgan fingerprint density at radius 1 is 1.38 bits per heavy atom. The number of fused-ring (bicyclic) bond motifs is 1. The van der Waals surface area contributed by atoms with Crippen LogP contribution in [0.15, 0.2) is 18.2 Å². The van der Waals surface area contributed by atoms with Crippen LogP contribution in [0, 0.1) is 5.92 Å². The Labute approximate surface area is 125 Å². The Morgan fingerprint density at radius 3 is 2.76 bits per heavy atom. The molecule has 3 rings (SSSR count). The second-order valence-electron chi connectivity index (χ2n) is 5.58. The first-order valence-electron chi connectivity index (χ1n) is 7.09. The van der Waals surface area contributed by atoms with Gasteiger partial charge in [-0.05, 0) is 37.0 Å². The molecular formula is C15H16ClF3N2. The third kappa shape index (κ3) is 2.63. The van der Waals surface area contributed by atoms with Crippen molar-refractivity contribution in [1.29, 1.82) is 0 Å². The van der Waals surface area contributed by atoms with Crippen LogP contribution in [0.2, 0.25) is 0 Å². The highest BCUT2D eigenvalue weighted by Crippen LogP contribution is 2.48. The minimum atomic E-state index is -4.34. The summed E-state index contributed by atoms with van der Waals surface area (Å²) in [6.07, 6.45) is -1.04. The van der Waals surface area contributed by atoms with Gasteiger partial charge in [-0.1, -0.05) is 13.3 Å². The van der Waals surface area contributed by atoms with Crippen molar-refractivity contribution in [3.05, 3.63) is 29.6 Å². The molecule has 114 valence electrons. The van der Waals surface area contributed by atoms with Crippen molar-refractivity contribution in [2.24, 2.45) is 5.92 Å². The highest BCUT2D eigenvalue weighted by Gasteiger charge is 2.40. The zero-order chi connectivity index (χ0) is 15.2. The molecule has 21 heavy (non-hydrogen) atoms. The quantitative estimate of drug-likeness (QED) is 0.713. The van der Waals surface area contributed by atoms with E-state index < -0.39 is 11.7 Å². The number of nitrogens with zero attached hydrogens (tertiary/aromatic N) is 2. The lowest BCUT2D eigenvalue weighted by Gasteiger charge is -2.08. The van der Waals surface area contributed by atoms with E-state index in [4.69, 9.17) is 11.6 Å². The summed E-state index contributed by atoms with van der Waals surface area (Å²) >= 11 is 5.92. The number of benzene rings is 1. The molecule has 1 heterocycles. The second kappa shape index (κ2) is 5.20. The van der Waals surface area contributed by atoms with E-state index in [-0.39, 0.29) is 5.88 Å². The van der Waals surface area contributed by atoms with E-state index in [2.05, 4.69) is 11.9 Å². The van der Waals surface area contributed by atoms with Crippen LogP contribution in [0.1, 0.15) is 43.6 Å². The predicted octanol–water partition coefficient (Wildman–Crippen LogP) is 5.16. The van der Waals surface area contributed by atoms with E-state index in [1.165, 1.54) is 6.07 Å². The van der Waals surface area contributed by atoms with Crippen molar-refractivity contribution in [1.82, 2.24) is 9.55 Å². The molecule has 1 saturated carbocycles. The van der Waals surface area contributed by atoms with Crippen LogP contribution < -0.4 is 0 Å². The van der Waals surface area contributed by atoms with E-state index >= 15 is 0 Å². The first-order valence-corrected chi connectivity index (χ1v) is 7.63. The topological polar surface area (TPSA) is 17.8 Å². The van der Waals surface area contributed by atoms with Gasteiger partial charge in [0.15, 0.2) is 0 Å². The van der Waals surface area contributed by atoms with Crippen LogP contribution in [0.5, 0.6) is 0 Å². The van der Waals surface area contributed by atoms with E-state index in [9.17, 15) is 13.2 Å². The standard InChI is InChI=1S/C15H16ClF3N2/c1-2-3-9-6-13(9)21-12-5-4-10(15(17,18)19)7-11(12)20-14(21)8-16/h4-5,7,9,13H,2-3,6,8H2,1H3. The summed E-state index contributed by atoms with van der Waals surface area (Å²) in [7, 11) is 0. The number of imidazole rings is 1. The summed E-state index contributed by atoms with van der Waals surface area (Å²) in [5.74, 6) is 1.47. The number of hydrogen-bond acceptors (Lipinski definition) is 1. The highest BCUT2D eigenvalue weighted by atomic mass is 35.5. The van der Waals surface area contributed by atoms with Gasteiger partial charge in [0.1, 0.15) is 5.82 Å². The van der Waals surface area contributed by atoms with Crippen LogP contribution in [-0.4, -0.2) is 9.55 Å². The van der Waals surface area contributed by atoms with E-state index in [0.29, 0.717) is 23.3 Å². The van der Waals surface area contributed by atoms with Crippen LogP contribution in [0.3, 0.4) is 0 Å². The molecule has 1 aromatic carbocycles. The number of aromatic nitrogens is 2. The summed E-state index contributed by atoms with van der Waals surface area (Å²) in [6.45, 7) is 2.14. The number of alkyl halides is 4. The summed E-state index contributed by atoms with van der Waals surface area (Å²) in [5, 5.41) is 0. The van der Waals surface area contributed by atoms with Crippen molar-refractivity contribution >= 4 is 22.6 Å². The van der Waals surface area contributed by atoms with Gasteiger partial charge in [0.2, 0.25) is 0 Å². The SMILES string of the molecule is CCCC1CC1n1c(CCl)nc2cc(C(F)(F)F)ccc21. The molecule has 1 fully saturated rings. The Bertz CT molecular complexity index is 663. The van der Waals surface area contributed by atoms with Gasteiger partial charge in [-0.15, -0.1) is 11.6 Å². The third-order valence-corrected chi connectivity index (χ3v) is 4.32. The second-order valence-corrected chi connectivity index (χ2v) is 5.85. The molecule has 1 aromatic heterocycles. The normalized spacial score (nSPS) is 22.0. The van der Waals surface area contributed by atoms with Crippen LogP contribution >= 0.6 is 11.6 Å². The summed E-state index contributed by atoms with van der Waals surface area (Å²) in [6, 6.07) is 4.08. The molecular weight excluding hydrogens is 301 g/mol. The number of hydrogen-bond donors (Lipinski definition) is 0. The van der Waals surface area contributed by atoms with Gasteiger partial charge >= 0.3 is 6.18 Å². The predicted molar refractivity (Wildman–Crippen MR) is 76.3 cm³/mol. The number of rotatable bonds is 4. The van der Waals surface area contributed by atoms with Gasteiger partial charge in [0, 0.05) is 6.04 Å². The van der Waals surface area contributed by atoms with Gasteiger partial charge in [0.25, 0.3) is 0 Å². The van der Waals surface area contributed by atoms with E-state index in [1.54, 1.807) is 0 Å². The molecule has 2 atom stereocenters. The Kier molecular flexibility index (Phi) is 3.64. The van der Waals surface area contributed by atoms with Crippen LogP contribution in [0.4, 0.5) is 13.2 Å². The molecule has 0 N–H and O–H groups in total. The number of halogens is 4. The summed E-state index contributed by atoms with van der Waals surface area (Å²) < 4.78 is 40.4. The van der Waals surface area contributed by atoms with Gasteiger partial charge in [-0.2, -0.15) is 13.2 Å². The van der Waals surface area contributed by atoms with Gasteiger partial charge in [-0.25, -0.2) is 4.98 Å². The zero-order valence-electron chi connectivity index (χ0n) is 11.6. The third-order valence-electron chi connectivity index (χ3n) is 4.09. The van der Waals surface area contributed by atoms with Crippen LogP contribution in [-0.2, 0) is 12.1 Å². The fourth-order valence-corrected chi connectivity index (χ4v) is 3.21. The minimum Gasteiger partial charge on any atom is -0.324 e. The average Bonchev–Trinajstić information content (AvgIpc) is 3.08. The highest BCUT2D eigenvalue weighted by molar-refractivity contribution is 6.16. The molecule has 0 amide bonds. The Hall–Kier alpha value is -1.23. The largest absolute Gasteiger partial charge is 0.416 e. The molecule has 0 spiro atoms. The maximum Gasteiger partial charge on any atom is 0.416 e. The van der Waals surface area contributed by atoms with Crippen molar-refractivity contribution < 1.29 is 13.2 Å². The molecule has 1 aliphatic carbocycles. The van der Waals surface area contributed by atoms with Gasteiger partial charge in [0.05, 0.1) is 22.5 Å². The lowest BCUT2D eigenvalue weighted by Crippen LogP contribution is -2.04. The first-order chi connectivity index (χ1) is 9.95. The molecule has 0 bridgehead atoms. The maximum absolute atomic E-state index is 12.8. The molecule has 1 aliphatic rings. The monoisotopic (exact) mass is 316 g/mol. The maximum atomic E-state index is 12.8. The Morgan fingerprint density at radius 2 is 2.14 bits per heavy atom.